The Morgan fingerprint density at radius 1 is 1.43 bits per heavy atom. The molecular weight excluding hydrogens is 308 g/mol. The van der Waals surface area contributed by atoms with Crippen LogP contribution in [0.2, 0.25) is 0 Å². The lowest BCUT2D eigenvalue weighted by Gasteiger charge is -2.21. The van der Waals surface area contributed by atoms with Gasteiger partial charge in [-0.25, -0.2) is 4.79 Å². The molecular formula is C15H18O8. The number of aromatic hydroxyl groups is 1. The molecule has 0 aromatic heterocycles. The number of aliphatic hydroxyl groups excluding tert-OH is 1. The minimum atomic E-state index is -2.06. The van der Waals surface area contributed by atoms with Crippen LogP contribution in [-0.2, 0) is 20.7 Å². The highest BCUT2D eigenvalue weighted by molar-refractivity contribution is 5.82. The number of hydrogen-bond acceptors (Lipinski definition) is 7. The number of aliphatic hydroxyl groups is 2. The van der Waals surface area contributed by atoms with Gasteiger partial charge in [-0.2, -0.15) is 0 Å². The van der Waals surface area contributed by atoms with Crippen molar-refractivity contribution in [3.63, 3.8) is 0 Å². The molecule has 2 rings (SSSR count). The van der Waals surface area contributed by atoms with Crippen LogP contribution in [0, 0.1) is 0 Å². The lowest BCUT2D eigenvalue weighted by Crippen LogP contribution is -2.41. The molecule has 0 unspecified atom stereocenters. The van der Waals surface area contributed by atoms with Gasteiger partial charge in [-0.1, -0.05) is 0 Å². The zero-order valence-corrected chi connectivity index (χ0v) is 12.6. The normalized spacial score (nSPS) is 26.9. The van der Waals surface area contributed by atoms with Crippen LogP contribution in [0.1, 0.15) is 30.6 Å². The zero-order chi connectivity index (χ0) is 17.4. The molecule has 0 saturated carbocycles. The van der Waals surface area contributed by atoms with Crippen molar-refractivity contribution < 1.29 is 39.5 Å². The summed E-state index contributed by atoms with van der Waals surface area (Å²) < 4.78 is 10.1. The Hall–Kier alpha value is -2.32. The fraction of sp³-hybridized carbons (Fsp3) is 0.467. The molecule has 1 heterocycles. The Bertz CT molecular complexity index is 637. The van der Waals surface area contributed by atoms with Crippen molar-refractivity contribution >= 4 is 11.9 Å². The molecule has 1 saturated heterocycles. The summed E-state index contributed by atoms with van der Waals surface area (Å²) in [5.41, 5.74) is -1.52. The number of methoxy groups -OCH3 is 1. The second-order valence-electron chi connectivity index (χ2n) is 5.53. The summed E-state index contributed by atoms with van der Waals surface area (Å²) in [4.78, 5) is 22.3. The SMILES string of the molecule is COc1cc(O)c(CCC(=O)O)cc1[C@H]1OC(=O)[C@](C)(O)[C@@H]1O. The molecule has 4 N–H and O–H groups in total. The van der Waals surface area contributed by atoms with Crippen molar-refractivity contribution in [1.82, 2.24) is 0 Å². The first kappa shape index (κ1) is 17.0. The van der Waals surface area contributed by atoms with E-state index in [2.05, 4.69) is 0 Å². The molecule has 1 aliphatic heterocycles. The van der Waals surface area contributed by atoms with Crippen LogP contribution >= 0.6 is 0 Å². The lowest BCUT2D eigenvalue weighted by atomic mass is 9.92. The van der Waals surface area contributed by atoms with Crippen LogP contribution in [0.5, 0.6) is 11.5 Å². The van der Waals surface area contributed by atoms with Crippen molar-refractivity contribution in [3.05, 3.63) is 23.3 Å². The molecule has 0 aliphatic carbocycles. The van der Waals surface area contributed by atoms with Gasteiger partial charge in [0.05, 0.1) is 7.11 Å². The van der Waals surface area contributed by atoms with Gasteiger partial charge in [0.25, 0.3) is 0 Å². The molecule has 0 radical (unpaired) electrons. The quantitative estimate of drug-likeness (QED) is 0.561. The van der Waals surface area contributed by atoms with E-state index >= 15 is 0 Å². The number of aryl methyl sites for hydroxylation is 1. The zero-order valence-electron chi connectivity index (χ0n) is 12.6. The molecule has 23 heavy (non-hydrogen) atoms. The van der Waals surface area contributed by atoms with Gasteiger partial charge in [-0.15, -0.1) is 0 Å². The summed E-state index contributed by atoms with van der Waals surface area (Å²) in [5.74, 6) is -2.03. The number of rotatable bonds is 5. The number of hydrogen-bond donors (Lipinski definition) is 4. The first-order valence-electron chi connectivity index (χ1n) is 6.91. The Kier molecular flexibility index (Phi) is 4.49. The van der Waals surface area contributed by atoms with Crippen LogP contribution in [0.4, 0.5) is 0 Å². The molecule has 126 valence electrons. The van der Waals surface area contributed by atoms with Gasteiger partial charge < -0.3 is 29.9 Å². The summed E-state index contributed by atoms with van der Waals surface area (Å²) in [6, 6.07) is 2.65. The lowest BCUT2D eigenvalue weighted by molar-refractivity contribution is -0.155. The highest BCUT2D eigenvalue weighted by atomic mass is 16.6. The molecule has 0 bridgehead atoms. The number of benzene rings is 1. The summed E-state index contributed by atoms with van der Waals surface area (Å²) in [5, 5.41) is 38.7. The van der Waals surface area contributed by atoms with Gasteiger partial charge in [0.2, 0.25) is 0 Å². The van der Waals surface area contributed by atoms with Crippen LogP contribution in [0.3, 0.4) is 0 Å². The van der Waals surface area contributed by atoms with Gasteiger partial charge in [0, 0.05) is 18.1 Å². The summed E-state index contributed by atoms with van der Waals surface area (Å²) >= 11 is 0. The number of carboxylic acids is 1. The average molecular weight is 326 g/mol. The third-order valence-electron chi connectivity index (χ3n) is 3.86. The first-order valence-corrected chi connectivity index (χ1v) is 6.91. The van der Waals surface area contributed by atoms with Crippen molar-refractivity contribution in [2.75, 3.05) is 7.11 Å². The highest BCUT2D eigenvalue weighted by Gasteiger charge is 2.54. The summed E-state index contributed by atoms with van der Waals surface area (Å²) in [6.45, 7) is 1.14. The van der Waals surface area contributed by atoms with E-state index in [9.17, 15) is 24.9 Å². The smallest absolute Gasteiger partial charge is 0.341 e. The Morgan fingerprint density at radius 3 is 2.57 bits per heavy atom. The number of carbonyl (C=O) groups is 2. The molecule has 0 amide bonds. The number of phenols is 1. The predicted octanol–water partition coefficient (Wildman–Crippen LogP) is 0.128. The molecule has 1 aliphatic rings. The Morgan fingerprint density at radius 2 is 2.09 bits per heavy atom. The van der Waals surface area contributed by atoms with Crippen molar-refractivity contribution in [2.24, 2.45) is 0 Å². The monoisotopic (exact) mass is 326 g/mol. The van der Waals surface area contributed by atoms with E-state index in [4.69, 9.17) is 14.6 Å². The fourth-order valence-corrected chi connectivity index (χ4v) is 2.42. The number of ether oxygens (including phenoxy) is 2. The summed E-state index contributed by atoms with van der Waals surface area (Å²) in [7, 11) is 1.33. The van der Waals surface area contributed by atoms with Gasteiger partial charge in [0.1, 0.15) is 17.6 Å². The first-order chi connectivity index (χ1) is 10.7. The minimum Gasteiger partial charge on any atom is -0.508 e. The molecule has 1 aromatic rings. The predicted molar refractivity (Wildman–Crippen MR) is 76.1 cm³/mol. The highest BCUT2D eigenvalue weighted by Crippen LogP contribution is 2.42. The van der Waals surface area contributed by atoms with Crippen LogP contribution in [0.25, 0.3) is 0 Å². The Labute approximate surface area is 131 Å². The minimum absolute atomic E-state index is 0.0469. The average Bonchev–Trinajstić information content (AvgIpc) is 2.68. The van der Waals surface area contributed by atoms with Gasteiger partial charge in [0.15, 0.2) is 11.7 Å². The molecule has 0 spiro atoms. The van der Waals surface area contributed by atoms with Crippen molar-refractivity contribution in [2.45, 2.75) is 37.6 Å². The topological polar surface area (TPSA) is 134 Å². The maximum absolute atomic E-state index is 11.7. The largest absolute Gasteiger partial charge is 0.508 e. The van der Waals surface area contributed by atoms with Gasteiger partial charge >= 0.3 is 11.9 Å². The number of phenolic OH excluding ortho intramolecular Hbond substituents is 1. The van der Waals surface area contributed by atoms with Crippen molar-refractivity contribution in [1.29, 1.82) is 0 Å². The fourth-order valence-electron chi connectivity index (χ4n) is 2.42. The van der Waals surface area contributed by atoms with Crippen molar-refractivity contribution in [3.8, 4) is 11.5 Å². The van der Waals surface area contributed by atoms with E-state index in [1.807, 2.05) is 0 Å². The second-order valence-corrected chi connectivity index (χ2v) is 5.53. The van der Waals surface area contributed by atoms with Gasteiger partial charge in [-0.05, 0) is 25.0 Å². The molecule has 8 nitrogen and oxygen atoms in total. The number of carboxylic acid groups (broad SMARTS) is 1. The van der Waals surface area contributed by atoms with E-state index in [0.717, 1.165) is 6.92 Å². The van der Waals surface area contributed by atoms with E-state index in [0.29, 0.717) is 5.56 Å². The maximum atomic E-state index is 11.7. The van der Waals surface area contributed by atoms with E-state index in [-0.39, 0.29) is 29.9 Å². The maximum Gasteiger partial charge on any atom is 0.341 e. The summed E-state index contributed by atoms with van der Waals surface area (Å²) in [6.07, 6.45) is -2.87. The van der Waals surface area contributed by atoms with Crippen LogP contribution in [0.15, 0.2) is 12.1 Å². The number of carbonyl (C=O) groups excluding carboxylic acids is 1. The number of esters is 1. The van der Waals surface area contributed by atoms with E-state index in [1.165, 1.54) is 19.2 Å². The third kappa shape index (κ3) is 3.08. The molecule has 3 atom stereocenters. The standard InChI is InChI=1S/C15H18O8/c1-15(21)13(19)12(23-14(15)20)8-5-7(3-4-11(17)18)9(16)6-10(8)22-2/h5-6,12-13,16,19,21H,3-4H2,1-2H3,(H,17,18)/t12-,13-,15-/m1/s1. The Balaban J connectivity index is 2.42. The van der Waals surface area contributed by atoms with Gasteiger partial charge in [-0.3, -0.25) is 4.79 Å². The second kappa shape index (κ2) is 6.05. The third-order valence-corrected chi connectivity index (χ3v) is 3.86. The molecule has 1 aromatic carbocycles. The molecule has 8 heteroatoms. The van der Waals surface area contributed by atoms with E-state index < -0.39 is 29.7 Å². The number of aliphatic carboxylic acids is 1. The van der Waals surface area contributed by atoms with Crippen LogP contribution in [-0.4, -0.2) is 51.2 Å². The molecule has 1 fully saturated rings. The van der Waals surface area contributed by atoms with E-state index in [1.54, 1.807) is 0 Å². The number of cyclic esters (lactones) is 1. The van der Waals surface area contributed by atoms with Crippen LogP contribution < -0.4 is 4.74 Å².